The van der Waals surface area contributed by atoms with Crippen molar-refractivity contribution in [3.8, 4) is 0 Å². The van der Waals surface area contributed by atoms with Gasteiger partial charge in [0.2, 0.25) is 0 Å². The van der Waals surface area contributed by atoms with E-state index >= 15 is 0 Å². The van der Waals surface area contributed by atoms with E-state index in [4.69, 9.17) is 10.8 Å². The van der Waals surface area contributed by atoms with Crippen molar-refractivity contribution < 1.29 is 9.90 Å². The molecule has 0 aliphatic carbocycles. The van der Waals surface area contributed by atoms with Crippen molar-refractivity contribution in [3.05, 3.63) is 30.1 Å². The van der Waals surface area contributed by atoms with Crippen molar-refractivity contribution >= 4 is 5.97 Å². The lowest BCUT2D eigenvalue weighted by Gasteiger charge is -2.07. The molecular formula is C10H15N3O2. The second-order valence-corrected chi connectivity index (χ2v) is 3.23. The summed E-state index contributed by atoms with van der Waals surface area (Å²) < 4.78 is 0. The van der Waals surface area contributed by atoms with Gasteiger partial charge in [-0.2, -0.15) is 0 Å². The SMILES string of the molecule is NC(CCNCc1ccccn1)C(=O)O. The van der Waals surface area contributed by atoms with E-state index in [-0.39, 0.29) is 0 Å². The van der Waals surface area contributed by atoms with Crippen LogP contribution in [0.3, 0.4) is 0 Å². The Hall–Kier alpha value is -1.46. The second-order valence-electron chi connectivity index (χ2n) is 3.23. The first-order chi connectivity index (χ1) is 7.20. The fourth-order valence-electron chi connectivity index (χ4n) is 1.10. The highest BCUT2D eigenvalue weighted by Gasteiger charge is 2.09. The van der Waals surface area contributed by atoms with Gasteiger partial charge in [0.1, 0.15) is 6.04 Å². The lowest BCUT2D eigenvalue weighted by Crippen LogP contribution is -2.33. The van der Waals surface area contributed by atoms with Gasteiger partial charge in [0.05, 0.1) is 5.69 Å². The first-order valence-corrected chi connectivity index (χ1v) is 4.79. The number of nitrogens with two attached hydrogens (primary N) is 1. The Balaban J connectivity index is 2.15. The number of rotatable bonds is 6. The number of nitrogens with one attached hydrogen (secondary N) is 1. The van der Waals surface area contributed by atoms with Crippen molar-refractivity contribution in [2.45, 2.75) is 19.0 Å². The van der Waals surface area contributed by atoms with E-state index in [1.54, 1.807) is 6.20 Å². The monoisotopic (exact) mass is 209 g/mol. The highest BCUT2D eigenvalue weighted by atomic mass is 16.4. The molecule has 0 amide bonds. The Morgan fingerprint density at radius 1 is 1.60 bits per heavy atom. The predicted molar refractivity (Wildman–Crippen MR) is 56.2 cm³/mol. The molecule has 0 fully saturated rings. The lowest BCUT2D eigenvalue weighted by molar-refractivity contribution is -0.138. The largest absolute Gasteiger partial charge is 0.480 e. The lowest BCUT2D eigenvalue weighted by atomic mass is 10.2. The third-order valence-electron chi connectivity index (χ3n) is 1.98. The molecule has 4 N–H and O–H groups in total. The van der Waals surface area contributed by atoms with E-state index in [1.807, 2.05) is 18.2 Å². The minimum Gasteiger partial charge on any atom is -0.480 e. The third-order valence-corrected chi connectivity index (χ3v) is 1.98. The standard InChI is InChI=1S/C10H15N3O2/c11-9(10(14)15)4-6-12-7-8-3-1-2-5-13-8/h1-3,5,9,12H,4,6-7,11H2,(H,14,15). The van der Waals surface area contributed by atoms with Crippen LogP contribution in [-0.2, 0) is 11.3 Å². The van der Waals surface area contributed by atoms with E-state index in [2.05, 4.69) is 10.3 Å². The molecule has 0 spiro atoms. The molecule has 1 aromatic rings. The van der Waals surface area contributed by atoms with Gasteiger partial charge in [-0.05, 0) is 25.1 Å². The molecule has 0 bridgehead atoms. The van der Waals surface area contributed by atoms with Gasteiger partial charge >= 0.3 is 5.97 Å². The number of carboxylic acids is 1. The zero-order chi connectivity index (χ0) is 11.1. The first kappa shape index (κ1) is 11.6. The minimum atomic E-state index is -0.963. The van der Waals surface area contributed by atoms with Crippen LogP contribution in [0.2, 0.25) is 0 Å². The molecule has 0 saturated carbocycles. The molecule has 15 heavy (non-hydrogen) atoms. The van der Waals surface area contributed by atoms with Crippen molar-refractivity contribution in [2.24, 2.45) is 5.73 Å². The first-order valence-electron chi connectivity index (χ1n) is 4.79. The molecule has 0 aliphatic rings. The van der Waals surface area contributed by atoms with E-state index in [1.165, 1.54) is 0 Å². The summed E-state index contributed by atoms with van der Waals surface area (Å²) in [5, 5.41) is 11.6. The number of carbonyl (C=O) groups is 1. The molecule has 5 heteroatoms. The summed E-state index contributed by atoms with van der Waals surface area (Å²) in [6, 6.07) is 4.88. The number of aromatic nitrogens is 1. The fraction of sp³-hybridized carbons (Fsp3) is 0.400. The highest BCUT2D eigenvalue weighted by molar-refractivity contribution is 5.72. The van der Waals surface area contributed by atoms with Crippen LogP contribution in [0.1, 0.15) is 12.1 Å². The van der Waals surface area contributed by atoms with Gasteiger partial charge in [0.15, 0.2) is 0 Å². The van der Waals surface area contributed by atoms with Gasteiger partial charge in [0, 0.05) is 12.7 Å². The second kappa shape index (κ2) is 6.10. The van der Waals surface area contributed by atoms with Gasteiger partial charge in [-0.25, -0.2) is 0 Å². The van der Waals surface area contributed by atoms with Gasteiger partial charge < -0.3 is 16.2 Å². The highest BCUT2D eigenvalue weighted by Crippen LogP contribution is 1.92. The van der Waals surface area contributed by atoms with Gasteiger partial charge in [-0.1, -0.05) is 6.07 Å². The van der Waals surface area contributed by atoms with E-state index in [0.29, 0.717) is 19.5 Å². The zero-order valence-corrected chi connectivity index (χ0v) is 8.39. The predicted octanol–water partition coefficient (Wildman–Crippen LogP) is -0.0268. The number of nitrogens with zero attached hydrogens (tertiary/aromatic N) is 1. The zero-order valence-electron chi connectivity index (χ0n) is 8.39. The van der Waals surface area contributed by atoms with Crippen LogP contribution < -0.4 is 11.1 Å². The Morgan fingerprint density at radius 3 is 3.00 bits per heavy atom. The van der Waals surface area contributed by atoms with Gasteiger partial charge in [0.25, 0.3) is 0 Å². The molecule has 0 saturated heterocycles. The summed E-state index contributed by atoms with van der Waals surface area (Å²) in [5.74, 6) is -0.963. The van der Waals surface area contributed by atoms with Crippen molar-refractivity contribution in [2.75, 3.05) is 6.54 Å². The molecule has 0 aliphatic heterocycles. The topological polar surface area (TPSA) is 88.2 Å². The van der Waals surface area contributed by atoms with Gasteiger partial charge in [-0.15, -0.1) is 0 Å². The van der Waals surface area contributed by atoms with Crippen LogP contribution in [-0.4, -0.2) is 28.6 Å². The Morgan fingerprint density at radius 2 is 2.40 bits per heavy atom. The molecular weight excluding hydrogens is 194 g/mol. The Bertz CT molecular complexity index is 303. The molecule has 5 nitrogen and oxygen atoms in total. The summed E-state index contributed by atoms with van der Waals surface area (Å²) in [5.41, 5.74) is 6.27. The van der Waals surface area contributed by atoms with Crippen LogP contribution in [0.25, 0.3) is 0 Å². The Kier molecular flexibility index (Phi) is 4.73. The van der Waals surface area contributed by atoms with E-state index in [9.17, 15) is 4.79 Å². The average molecular weight is 209 g/mol. The molecule has 1 heterocycles. The molecule has 1 unspecified atom stereocenters. The van der Waals surface area contributed by atoms with Crippen LogP contribution in [0, 0.1) is 0 Å². The summed E-state index contributed by atoms with van der Waals surface area (Å²) >= 11 is 0. The number of pyridine rings is 1. The summed E-state index contributed by atoms with van der Waals surface area (Å²) in [4.78, 5) is 14.5. The normalized spacial score (nSPS) is 12.3. The maximum Gasteiger partial charge on any atom is 0.320 e. The summed E-state index contributed by atoms with van der Waals surface area (Å²) in [6.07, 6.45) is 2.14. The third kappa shape index (κ3) is 4.53. The smallest absolute Gasteiger partial charge is 0.320 e. The van der Waals surface area contributed by atoms with Crippen LogP contribution in [0.15, 0.2) is 24.4 Å². The molecule has 1 rings (SSSR count). The fourth-order valence-corrected chi connectivity index (χ4v) is 1.10. The maximum absolute atomic E-state index is 10.4. The number of carboxylic acid groups (broad SMARTS) is 1. The summed E-state index contributed by atoms with van der Waals surface area (Å²) in [6.45, 7) is 1.21. The molecule has 0 aromatic carbocycles. The van der Waals surface area contributed by atoms with Crippen LogP contribution in [0.5, 0.6) is 0 Å². The Labute approximate surface area is 88.3 Å². The van der Waals surface area contributed by atoms with Crippen molar-refractivity contribution in [3.63, 3.8) is 0 Å². The molecule has 82 valence electrons. The molecule has 1 atom stereocenters. The van der Waals surface area contributed by atoms with Crippen LogP contribution in [0.4, 0.5) is 0 Å². The van der Waals surface area contributed by atoms with Crippen LogP contribution >= 0.6 is 0 Å². The van der Waals surface area contributed by atoms with E-state index in [0.717, 1.165) is 5.69 Å². The number of hydrogen-bond donors (Lipinski definition) is 3. The van der Waals surface area contributed by atoms with E-state index < -0.39 is 12.0 Å². The number of aliphatic carboxylic acids is 1. The average Bonchev–Trinajstić information content (AvgIpc) is 2.25. The van der Waals surface area contributed by atoms with Crippen molar-refractivity contribution in [1.29, 1.82) is 0 Å². The number of hydrogen-bond acceptors (Lipinski definition) is 4. The summed E-state index contributed by atoms with van der Waals surface area (Å²) in [7, 11) is 0. The maximum atomic E-state index is 10.4. The minimum absolute atomic E-state index is 0.419. The van der Waals surface area contributed by atoms with Gasteiger partial charge in [-0.3, -0.25) is 9.78 Å². The quantitative estimate of drug-likeness (QED) is 0.573. The molecule has 0 radical (unpaired) electrons. The molecule has 1 aromatic heterocycles. The van der Waals surface area contributed by atoms with Crippen molar-refractivity contribution in [1.82, 2.24) is 10.3 Å².